The molecule has 172 valence electrons. The number of H-pyrrole nitrogens is 1. The van der Waals surface area contributed by atoms with Crippen LogP contribution in [-0.2, 0) is 11.3 Å². The number of nitrogens with one attached hydrogen (secondary N) is 1. The van der Waals surface area contributed by atoms with Gasteiger partial charge in [-0.15, -0.1) is 0 Å². The molecule has 31 heavy (non-hydrogen) atoms. The van der Waals surface area contributed by atoms with E-state index < -0.39 is 0 Å². The summed E-state index contributed by atoms with van der Waals surface area (Å²) in [4.78, 5) is 33.5. The van der Waals surface area contributed by atoms with Gasteiger partial charge in [-0.25, -0.2) is 0 Å². The fourth-order valence-electron chi connectivity index (χ4n) is 3.66. The number of ether oxygens (including phenoxy) is 1. The molecule has 0 spiro atoms. The summed E-state index contributed by atoms with van der Waals surface area (Å²) in [6, 6.07) is 5.22. The number of benzene rings is 1. The summed E-state index contributed by atoms with van der Waals surface area (Å²) in [5.74, 6) is 0.345. The highest BCUT2D eigenvalue weighted by atomic mass is 32.1. The van der Waals surface area contributed by atoms with Gasteiger partial charge in [0, 0.05) is 45.5 Å². The zero-order valence-corrected chi connectivity index (χ0v) is 20.3. The summed E-state index contributed by atoms with van der Waals surface area (Å²) in [6.07, 6.45) is 0.701. The van der Waals surface area contributed by atoms with Gasteiger partial charge in [0.05, 0.1) is 10.9 Å². The maximum atomic E-state index is 13.3. The summed E-state index contributed by atoms with van der Waals surface area (Å²) in [5.41, 5.74) is 1.02. The van der Waals surface area contributed by atoms with Crippen molar-refractivity contribution in [1.29, 1.82) is 0 Å². The molecule has 2 rings (SSSR count). The van der Waals surface area contributed by atoms with Crippen molar-refractivity contribution in [1.82, 2.24) is 19.4 Å². The lowest BCUT2D eigenvalue weighted by molar-refractivity contribution is 0.0716. The Labute approximate surface area is 190 Å². The zero-order valence-electron chi connectivity index (χ0n) is 19.4. The fourth-order valence-corrected chi connectivity index (χ4v) is 3.94. The lowest BCUT2D eigenvalue weighted by Crippen LogP contribution is -2.40. The molecule has 2 aromatic rings. The molecule has 8 heteroatoms. The molecule has 1 amide bonds. The molecule has 1 aromatic heterocycles. The van der Waals surface area contributed by atoms with E-state index in [0.717, 1.165) is 19.6 Å². The van der Waals surface area contributed by atoms with Crippen LogP contribution >= 0.6 is 12.2 Å². The van der Waals surface area contributed by atoms with Crippen molar-refractivity contribution in [2.45, 2.75) is 40.7 Å². The normalized spacial score (nSPS) is 11.6. The van der Waals surface area contributed by atoms with E-state index >= 15 is 0 Å². The second-order valence-electron chi connectivity index (χ2n) is 8.17. The number of methoxy groups -OCH3 is 1. The second-order valence-corrected chi connectivity index (χ2v) is 8.55. The number of fused-ring (bicyclic) bond motifs is 1. The average Bonchev–Trinajstić information content (AvgIpc) is 2.74. The van der Waals surface area contributed by atoms with Gasteiger partial charge in [-0.05, 0) is 55.8 Å². The first kappa shape index (κ1) is 25.2. The van der Waals surface area contributed by atoms with Gasteiger partial charge in [0.15, 0.2) is 4.77 Å². The van der Waals surface area contributed by atoms with Crippen LogP contribution < -0.4 is 5.56 Å². The highest BCUT2D eigenvalue weighted by Gasteiger charge is 2.19. The number of likely N-dealkylation sites (N-methyl/N-ethyl adjacent to an activating group) is 1. The van der Waals surface area contributed by atoms with Crippen molar-refractivity contribution in [2.24, 2.45) is 5.92 Å². The van der Waals surface area contributed by atoms with Gasteiger partial charge < -0.3 is 19.5 Å². The summed E-state index contributed by atoms with van der Waals surface area (Å²) in [7, 11) is 1.63. The quantitative estimate of drug-likeness (QED) is 0.397. The number of rotatable bonds is 12. The predicted molar refractivity (Wildman–Crippen MR) is 128 cm³/mol. The number of carbonyl (C=O) groups excluding carboxylic acids is 1. The number of nitrogens with zero attached hydrogens (tertiary/aromatic N) is 3. The van der Waals surface area contributed by atoms with Crippen LogP contribution in [0.25, 0.3) is 10.9 Å². The zero-order chi connectivity index (χ0) is 23.0. The molecule has 0 atom stereocenters. The first-order chi connectivity index (χ1) is 14.8. The maximum Gasteiger partial charge on any atom is 0.262 e. The van der Waals surface area contributed by atoms with Gasteiger partial charge >= 0.3 is 0 Å². The molecule has 1 heterocycles. The van der Waals surface area contributed by atoms with Crippen LogP contribution in [0.2, 0.25) is 0 Å². The molecule has 0 radical (unpaired) electrons. The smallest absolute Gasteiger partial charge is 0.262 e. The van der Waals surface area contributed by atoms with Crippen molar-refractivity contribution in [3.05, 3.63) is 38.9 Å². The monoisotopic (exact) mass is 448 g/mol. The van der Waals surface area contributed by atoms with E-state index in [1.54, 1.807) is 29.9 Å². The summed E-state index contributed by atoms with van der Waals surface area (Å²) < 4.78 is 6.98. The maximum absolute atomic E-state index is 13.3. The summed E-state index contributed by atoms with van der Waals surface area (Å²) in [6.45, 7) is 13.7. The van der Waals surface area contributed by atoms with E-state index in [4.69, 9.17) is 17.0 Å². The van der Waals surface area contributed by atoms with Crippen LogP contribution in [-0.4, -0.2) is 71.7 Å². The van der Waals surface area contributed by atoms with E-state index in [-0.39, 0.29) is 11.5 Å². The topological polar surface area (TPSA) is 70.6 Å². The highest BCUT2D eigenvalue weighted by molar-refractivity contribution is 7.71. The fraction of sp³-hybridized carbons (Fsp3) is 0.609. The summed E-state index contributed by atoms with van der Waals surface area (Å²) in [5, 5.41) is 0.529. The van der Waals surface area contributed by atoms with Crippen molar-refractivity contribution < 1.29 is 9.53 Å². The molecule has 0 unspecified atom stereocenters. The van der Waals surface area contributed by atoms with Gasteiger partial charge in [0.2, 0.25) is 0 Å². The number of hydrogen-bond acceptors (Lipinski definition) is 5. The van der Waals surface area contributed by atoms with Crippen LogP contribution in [0.4, 0.5) is 0 Å². The molecule has 0 fully saturated rings. The van der Waals surface area contributed by atoms with Gasteiger partial charge in [-0.3, -0.25) is 14.2 Å². The van der Waals surface area contributed by atoms with Gasteiger partial charge in [0.25, 0.3) is 11.5 Å². The standard InChI is InChI=1S/C23H36N4O3S/c1-6-25(7-2)12-13-26(16-17(3)4)21(28)18-9-10-19-20(15-18)24-23(31)27(22(19)29)11-8-14-30-5/h9-10,15,17H,6-8,11-14,16H2,1-5H3,(H,24,31). The number of aromatic nitrogens is 2. The largest absolute Gasteiger partial charge is 0.385 e. The Morgan fingerprint density at radius 3 is 2.55 bits per heavy atom. The Morgan fingerprint density at radius 1 is 1.23 bits per heavy atom. The minimum atomic E-state index is -0.144. The van der Waals surface area contributed by atoms with Gasteiger partial charge in [-0.2, -0.15) is 0 Å². The van der Waals surface area contributed by atoms with Crippen LogP contribution in [0.1, 0.15) is 44.5 Å². The van der Waals surface area contributed by atoms with Gasteiger partial charge in [-0.1, -0.05) is 27.7 Å². The van der Waals surface area contributed by atoms with E-state index in [9.17, 15) is 9.59 Å². The minimum Gasteiger partial charge on any atom is -0.385 e. The number of hydrogen-bond donors (Lipinski definition) is 1. The third-order valence-electron chi connectivity index (χ3n) is 5.41. The summed E-state index contributed by atoms with van der Waals surface area (Å²) >= 11 is 5.40. The average molecular weight is 449 g/mol. The molecule has 0 saturated heterocycles. The molecule has 0 aliphatic heterocycles. The van der Waals surface area contributed by atoms with Gasteiger partial charge in [0.1, 0.15) is 0 Å². The second kappa shape index (κ2) is 12.1. The van der Waals surface area contributed by atoms with Crippen molar-refractivity contribution >= 4 is 29.0 Å². The van der Waals surface area contributed by atoms with Crippen LogP contribution in [0.15, 0.2) is 23.0 Å². The molecule has 0 aliphatic carbocycles. The first-order valence-electron chi connectivity index (χ1n) is 11.1. The number of amides is 1. The molecule has 1 aromatic carbocycles. The molecule has 0 saturated carbocycles. The van der Waals surface area contributed by atoms with E-state index in [1.807, 2.05) is 4.90 Å². The molecule has 7 nitrogen and oxygen atoms in total. The number of carbonyl (C=O) groups is 1. The molecule has 0 aliphatic rings. The van der Waals surface area contributed by atoms with E-state index in [1.165, 1.54) is 0 Å². The Hall–Kier alpha value is -2.03. The van der Waals surface area contributed by atoms with Crippen molar-refractivity contribution in [3.8, 4) is 0 Å². The highest BCUT2D eigenvalue weighted by Crippen LogP contribution is 2.14. The first-order valence-corrected chi connectivity index (χ1v) is 11.5. The minimum absolute atomic E-state index is 0.0219. The molecular weight excluding hydrogens is 412 g/mol. The van der Waals surface area contributed by atoms with Crippen LogP contribution in [0, 0.1) is 10.7 Å². The third-order valence-corrected chi connectivity index (χ3v) is 5.73. The lowest BCUT2D eigenvalue weighted by atomic mass is 10.1. The Bertz CT molecular complexity index is 979. The van der Waals surface area contributed by atoms with E-state index in [0.29, 0.717) is 59.8 Å². The molecular formula is C23H36N4O3S. The third kappa shape index (κ3) is 6.72. The predicted octanol–water partition coefficient (Wildman–Crippen LogP) is 3.54. The Kier molecular flexibility index (Phi) is 9.87. The molecule has 1 N–H and O–H groups in total. The Balaban J connectivity index is 2.32. The SMILES string of the molecule is CCN(CC)CCN(CC(C)C)C(=O)c1ccc2c(=O)n(CCCOC)c(=S)[nH]c2c1. The van der Waals surface area contributed by atoms with Crippen LogP contribution in [0.5, 0.6) is 0 Å². The van der Waals surface area contributed by atoms with Crippen molar-refractivity contribution in [2.75, 3.05) is 46.4 Å². The van der Waals surface area contributed by atoms with Crippen molar-refractivity contribution in [3.63, 3.8) is 0 Å². The number of aromatic amines is 1. The lowest BCUT2D eigenvalue weighted by Gasteiger charge is -2.28. The Morgan fingerprint density at radius 2 is 1.94 bits per heavy atom. The van der Waals surface area contributed by atoms with Crippen LogP contribution in [0.3, 0.4) is 0 Å². The van der Waals surface area contributed by atoms with E-state index in [2.05, 4.69) is 37.6 Å². The molecule has 0 bridgehead atoms.